The Kier molecular flexibility index (Phi) is 3.45. The topological polar surface area (TPSA) is 34.9 Å². The molecule has 1 heterocycles. The number of rotatable bonds is 2. The van der Waals surface area contributed by atoms with Crippen LogP contribution in [-0.2, 0) is 6.54 Å². The SMILES string of the molecule is O=c1c(Cl)nccn1Cc1ccc(Cl)cc1F. The van der Waals surface area contributed by atoms with Gasteiger partial charge in [-0.25, -0.2) is 9.37 Å². The highest BCUT2D eigenvalue weighted by Gasteiger charge is 2.06. The Morgan fingerprint density at radius 3 is 2.82 bits per heavy atom. The summed E-state index contributed by atoms with van der Waals surface area (Å²) in [6.07, 6.45) is 2.83. The van der Waals surface area contributed by atoms with E-state index in [0.717, 1.165) is 0 Å². The van der Waals surface area contributed by atoms with Gasteiger partial charge in [-0.05, 0) is 12.1 Å². The fourth-order valence-electron chi connectivity index (χ4n) is 1.38. The fraction of sp³-hybridized carbons (Fsp3) is 0.0909. The monoisotopic (exact) mass is 272 g/mol. The van der Waals surface area contributed by atoms with Crippen LogP contribution in [0.4, 0.5) is 4.39 Å². The van der Waals surface area contributed by atoms with Crippen LogP contribution in [0.15, 0.2) is 35.4 Å². The van der Waals surface area contributed by atoms with Crippen LogP contribution in [0.2, 0.25) is 10.2 Å². The molecule has 0 bridgehead atoms. The van der Waals surface area contributed by atoms with E-state index < -0.39 is 11.4 Å². The molecule has 0 saturated carbocycles. The van der Waals surface area contributed by atoms with Crippen molar-refractivity contribution < 1.29 is 4.39 Å². The van der Waals surface area contributed by atoms with Crippen LogP contribution >= 0.6 is 23.2 Å². The molecule has 1 aromatic heterocycles. The highest BCUT2D eigenvalue weighted by Crippen LogP contribution is 2.15. The molecule has 0 unspecified atom stereocenters. The van der Waals surface area contributed by atoms with Crippen molar-refractivity contribution in [2.45, 2.75) is 6.54 Å². The van der Waals surface area contributed by atoms with E-state index in [1.165, 1.54) is 29.1 Å². The predicted octanol–water partition coefficient (Wildman–Crippen LogP) is 2.74. The van der Waals surface area contributed by atoms with Crippen molar-refractivity contribution in [3.05, 3.63) is 62.5 Å². The Bertz CT molecular complexity index is 613. The minimum absolute atomic E-state index is 0.0874. The molecule has 0 spiro atoms. The molecule has 2 aromatic rings. The fourth-order valence-corrected chi connectivity index (χ4v) is 1.70. The van der Waals surface area contributed by atoms with Gasteiger partial charge in [-0.1, -0.05) is 29.3 Å². The summed E-state index contributed by atoms with van der Waals surface area (Å²) in [6, 6.07) is 4.29. The molecule has 17 heavy (non-hydrogen) atoms. The second-order valence-electron chi connectivity index (χ2n) is 3.39. The number of hydrogen-bond acceptors (Lipinski definition) is 2. The Morgan fingerprint density at radius 1 is 1.35 bits per heavy atom. The van der Waals surface area contributed by atoms with Crippen LogP contribution in [-0.4, -0.2) is 9.55 Å². The molecule has 88 valence electrons. The second kappa shape index (κ2) is 4.85. The molecule has 0 saturated heterocycles. The van der Waals surface area contributed by atoms with E-state index in [-0.39, 0.29) is 11.7 Å². The summed E-state index contributed by atoms with van der Waals surface area (Å²) in [5, 5.41) is 0.174. The molecule has 0 aliphatic rings. The van der Waals surface area contributed by atoms with Crippen molar-refractivity contribution in [3.63, 3.8) is 0 Å². The average Bonchev–Trinajstić information content (AvgIpc) is 2.28. The molecule has 0 atom stereocenters. The number of benzene rings is 1. The number of nitrogens with zero attached hydrogens (tertiary/aromatic N) is 2. The van der Waals surface area contributed by atoms with Crippen molar-refractivity contribution in [1.82, 2.24) is 9.55 Å². The molecule has 0 fully saturated rings. The molecule has 2 rings (SSSR count). The maximum absolute atomic E-state index is 13.5. The van der Waals surface area contributed by atoms with Crippen molar-refractivity contribution in [3.8, 4) is 0 Å². The van der Waals surface area contributed by atoms with Crippen LogP contribution < -0.4 is 5.56 Å². The van der Waals surface area contributed by atoms with Gasteiger partial charge in [-0.3, -0.25) is 4.79 Å². The molecule has 3 nitrogen and oxygen atoms in total. The zero-order chi connectivity index (χ0) is 12.4. The molecule has 0 aliphatic heterocycles. The molecular weight excluding hydrogens is 266 g/mol. The maximum atomic E-state index is 13.5. The number of aromatic nitrogens is 2. The van der Waals surface area contributed by atoms with E-state index in [4.69, 9.17) is 23.2 Å². The van der Waals surface area contributed by atoms with Crippen LogP contribution in [0.5, 0.6) is 0 Å². The second-order valence-corrected chi connectivity index (χ2v) is 4.18. The minimum atomic E-state index is -0.461. The van der Waals surface area contributed by atoms with Crippen molar-refractivity contribution in [2.24, 2.45) is 0 Å². The van der Waals surface area contributed by atoms with E-state index in [1.807, 2.05) is 0 Å². The Hall–Kier alpha value is -1.39. The first-order chi connectivity index (χ1) is 8.08. The van der Waals surface area contributed by atoms with Gasteiger partial charge >= 0.3 is 0 Å². The highest BCUT2D eigenvalue weighted by molar-refractivity contribution is 6.30. The number of hydrogen-bond donors (Lipinski definition) is 0. The van der Waals surface area contributed by atoms with Gasteiger partial charge in [0.15, 0.2) is 5.15 Å². The standard InChI is InChI=1S/C11H7Cl2FN2O/c12-8-2-1-7(9(14)5-8)6-16-4-3-15-10(13)11(16)17/h1-5H,6H2. The quantitative estimate of drug-likeness (QED) is 0.843. The molecule has 0 N–H and O–H groups in total. The third kappa shape index (κ3) is 2.65. The van der Waals surface area contributed by atoms with Gasteiger partial charge in [-0.2, -0.15) is 0 Å². The Balaban J connectivity index is 2.38. The zero-order valence-corrected chi connectivity index (χ0v) is 10.0. The van der Waals surface area contributed by atoms with Crippen LogP contribution in [0.25, 0.3) is 0 Å². The third-order valence-electron chi connectivity index (χ3n) is 2.23. The number of halogens is 3. The van der Waals surface area contributed by atoms with E-state index in [2.05, 4.69) is 4.98 Å². The predicted molar refractivity (Wildman–Crippen MR) is 64.0 cm³/mol. The summed E-state index contributed by atoms with van der Waals surface area (Å²) in [6.45, 7) is 0.0874. The van der Waals surface area contributed by atoms with Crippen molar-refractivity contribution in [1.29, 1.82) is 0 Å². The Labute approximate surface area is 106 Å². The molecule has 0 amide bonds. The van der Waals surface area contributed by atoms with E-state index >= 15 is 0 Å². The van der Waals surface area contributed by atoms with Crippen LogP contribution in [0.1, 0.15) is 5.56 Å². The summed E-state index contributed by atoms with van der Waals surface area (Å²) in [5.74, 6) is -0.461. The lowest BCUT2D eigenvalue weighted by molar-refractivity contribution is 0.595. The van der Waals surface area contributed by atoms with E-state index in [9.17, 15) is 9.18 Å². The van der Waals surface area contributed by atoms with Gasteiger partial charge in [0, 0.05) is 23.0 Å². The summed E-state index contributed by atoms with van der Waals surface area (Å²) in [4.78, 5) is 15.2. The van der Waals surface area contributed by atoms with Gasteiger partial charge in [-0.15, -0.1) is 0 Å². The van der Waals surface area contributed by atoms with Crippen LogP contribution in [0, 0.1) is 5.82 Å². The van der Waals surface area contributed by atoms with Gasteiger partial charge in [0.1, 0.15) is 5.82 Å². The molecule has 6 heteroatoms. The van der Waals surface area contributed by atoms with Gasteiger partial charge in [0.05, 0.1) is 6.54 Å². The van der Waals surface area contributed by atoms with Gasteiger partial charge < -0.3 is 4.57 Å². The first kappa shape index (κ1) is 12.1. The highest BCUT2D eigenvalue weighted by atomic mass is 35.5. The van der Waals surface area contributed by atoms with Crippen molar-refractivity contribution >= 4 is 23.2 Å². The summed E-state index contributed by atoms with van der Waals surface area (Å²) < 4.78 is 14.8. The lowest BCUT2D eigenvalue weighted by Gasteiger charge is -2.06. The molecule has 0 radical (unpaired) electrons. The average molecular weight is 273 g/mol. The zero-order valence-electron chi connectivity index (χ0n) is 8.53. The van der Waals surface area contributed by atoms with Crippen molar-refractivity contribution in [2.75, 3.05) is 0 Å². The van der Waals surface area contributed by atoms with Crippen LogP contribution in [0.3, 0.4) is 0 Å². The first-order valence-electron chi connectivity index (χ1n) is 4.73. The summed E-state index contributed by atoms with van der Waals surface area (Å²) in [7, 11) is 0. The summed E-state index contributed by atoms with van der Waals surface area (Å²) >= 11 is 11.2. The van der Waals surface area contributed by atoms with Gasteiger partial charge in [0.25, 0.3) is 5.56 Å². The normalized spacial score (nSPS) is 10.5. The molecule has 0 aliphatic carbocycles. The Morgan fingerprint density at radius 2 is 2.12 bits per heavy atom. The summed E-state index contributed by atoms with van der Waals surface area (Å²) in [5.41, 5.74) is -0.0951. The van der Waals surface area contributed by atoms with Gasteiger partial charge in [0.2, 0.25) is 0 Å². The minimum Gasteiger partial charge on any atom is -0.307 e. The third-order valence-corrected chi connectivity index (χ3v) is 2.72. The lowest BCUT2D eigenvalue weighted by atomic mass is 10.2. The lowest BCUT2D eigenvalue weighted by Crippen LogP contribution is -2.21. The van der Waals surface area contributed by atoms with E-state index in [0.29, 0.717) is 10.6 Å². The smallest absolute Gasteiger partial charge is 0.288 e. The van der Waals surface area contributed by atoms with E-state index in [1.54, 1.807) is 6.07 Å². The molecule has 1 aromatic carbocycles. The first-order valence-corrected chi connectivity index (χ1v) is 5.48. The molecular formula is C11H7Cl2FN2O. The largest absolute Gasteiger partial charge is 0.307 e. The maximum Gasteiger partial charge on any atom is 0.288 e.